The minimum atomic E-state index is -0.903. The van der Waals surface area contributed by atoms with Crippen molar-refractivity contribution < 1.29 is 13.6 Å². The number of nitrogens with zero attached hydrogens (tertiary/aromatic N) is 1. The molecule has 2 aromatic carbocycles. The van der Waals surface area contributed by atoms with Crippen LogP contribution in [0.2, 0.25) is 0 Å². The van der Waals surface area contributed by atoms with Gasteiger partial charge in [0.2, 0.25) is 0 Å². The predicted octanol–water partition coefficient (Wildman–Crippen LogP) is 3.59. The molecule has 0 spiro atoms. The Morgan fingerprint density at radius 3 is 2.52 bits per heavy atom. The molecule has 0 radical (unpaired) electrons. The van der Waals surface area contributed by atoms with Crippen LogP contribution in [0.15, 0.2) is 59.8 Å². The molecular formula is C17H16F2N4OS. The molecule has 0 amide bonds. The topological polar surface area (TPSA) is 69.8 Å². The predicted molar refractivity (Wildman–Crippen MR) is 93.8 cm³/mol. The number of imidazole rings is 1. The fourth-order valence-electron chi connectivity index (χ4n) is 1.87. The van der Waals surface area contributed by atoms with Gasteiger partial charge in [0.1, 0.15) is 17.5 Å². The van der Waals surface area contributed by atoms with E-state index in [9.17, 15) is 13.6 Å². The van der Waals surface area contributed by atoms with E-state index in [-0.39, 0.29) is 17.7 Å². The number of hydrogen-bond acceptors (Lipinski definition) is 5. The van der Waals surface area contributed by atoms with Gasteiger partial charge >= 0.3 is 0 Å². The Hall–Kier alpha value is -2.55. The first kappa shape index (κ1) is 18.8. The highest BCUT2D eigenvalue weighted by Gasteiger charge is 2.15. The molecule has 3 rings (SSSR count). The number of halogens is 2. The number of hydrogen-bond donors (Lipinski definition) is 3. The molecule has 1 heterocycles. The summed E-state index contributed by atoms with van der Waals surface area (Å²) in [5, 5.41) is 0. The Balaban J connectivity index is 0.000000196. The van der Waals surface area contributed by atoms with Gasteiger partial charge < -0.3 is 4.98 Å². The minimum absolute atomic E-state index is 0.0727. The van der Waals surface area contributed by atoms with E-state index in [4.69, 9.17) is 0 Å². The number of hydrazine groups is 1. The molecule has 3 N–H and O–H groups in total. The summed E-state index contributed by atoms with van der Waals surface area (Å²) in [6, 6.07) is 12.4. The zero-order valence-electron chi connectivity index (χ0n) is 13.3. The van der Waals surface area contributed by atoms with Gasteiger partial charge in [-0.3, -0.25) is 10.2 Å². The molecule has 0 unspecified atom stereocenters. The third kappa shape index (κ3) is 5.21. The molecule has 5 nitrogen and oxygen atoms in total. The van der Waals surface area contributed by atoms with Crippen molar-refractivity contribution in [3.63, 3.8) is 0 Å². The molecule has 0 saturated heterocycles. The molecule has 25 heavy (non-hydrogen) atoms. The van der Waals surface area contributed by atoms with Crippen molar-refractivity contribution in [2.45, 2.75) is 4.90 Å². The van der Waals surface area contributed by atoms with Gasteiger partial charge in [0.25, 0.3) is 0 Å². The van der Waals surface area contributed by atoms with Crippen LogP contribution < -0.4 is 10.3 Å². The maximum Gasteiger partial charge on any atom is 0.155 e. The molecule has 130 valence electrons. The van der Waals surface area contributed by atoms with Crippen LogP contribution in [0.3, 0.4) is 0 Å². The molecule has 8 heteroatoms. The number of aromatic amines is 1. The van der Waals surface area contributed by atoms with Gasteiger partial charge in [-0.25, -0.2) is 13.8 Å². The number of carbonyl (C=O) groups excluding carboxylic acids is 1. The Bertz CT molecular complexity index is 798. The van der Waals surface area contributed by atoms with Crippen molar-refractivity contribution in [3.05, 3.63) is 72.1 Å². The van der Waals surface area contributed by atoms with Gasteiger partial charge in [-0.2, -0.15) is 4.83 Å². The maximum absolute atomic E-state index is 13.6. The molecular weight excluding hydrogens is 346 g/mol. The zero-order chi connectivity index (χ0) is 18.1. The third-order valence-corrected chi connectivity index (χ3v) is 3.83. The van der Waals surface area contributed by atoms with Crippen molar-refractivity contribution in [2.24, 2.45) is 0 Å². The minimum Gasteiger partial charge on any atom is -0.345 e. The summed E-state index contributed by atoms with van der Waals surface area (Å²) in [5.74, 6) is -1.52. The first-order valence-electron chi connectivity index (χ1n) is 7.24. The normalized spacial score (nSPS) is 10.0. The second kappa shape index (κ2) is 9.67. The smallest absolute Gasteiger partial charge is 0.155 e. The Kier molecular flexibility index (Phi) is 7.27. The van der Waals surface area contributed by atoms with E-state index >= 15 is 0 Å². The molecule has 0 fully saturated rings. The summed E-state index contributed by atoms with van der Waals surface area (Å²) in [6.45, 7) is 0. The van der Waals surface area contributed by atoms with Crippen LogP contribution >= 0.6 is 11.9 Å². The van der Waals surface area contributed by atoms with Crippen LogP contribution in [-0.2, 0) is 0 Å². The first-order valence-corrected chi connectivity index (χ1v) is 8.05. The summed E-state index contributed by atoms with van der Waals surface area (Å²) in [4.78, 5) is 21.1. The molecule has 3 aromatic rings. The lowest BCUT2D eigenvalue weighted by Crippen LogP contribution is -2.18. The van der Waals surface area contributed by atoms with E-state index in [0.717, 1.165) is 6.07 Å². The highest BCUT2D eigenvalue weighted by atomic mass is 32.2. The number of nitrogens with one attached hydrogen (secondary N) is 3. The molecule has 0 aliphatic rings. The van der Waals surface area contributed by atoms with E-state index in [0.29, 0.717) is 0 Å². The van der Waals surface area contributed by atoms with Crippen LogP contribution in [0, 0.1) is 11.6 Å². The van der Waals surface area contributed by atoms with Crippen LogP contribution in [0.1, 0.15) is 10.4 Å². The van der Waals surface area contributed by atoms with Crippen molar-refractivity contribution in [1.82, 2.24) is 20.2 Å². The third-order valence-electron chi connectivity index (χ3n) is 3.01. The van der Waals surface area contributed by atoms with Gasteiger partial charge in [-0.05, 0) is 43.3 Å². The fraction of sp³-hybridized carbons (Fsp3) is 0.0588. The van der Waals surface area contributed by atoms with Crippen molar-refractivity contribution in [2.75, 3.05) is 7.05 Å². The second-order valence-corrected chi connectivity index (χ2v) is 5.53. The average Bonchev–Trinajstić information content (AvgIpc) is 3.16. The van der Waals surface area contributed by atoms with Gasteiger partial charge in [-0.1, -0.05) is 18.2 Å². The van der Waals surface area contributed by atoms with Gasteiger partial charge in [-0.15, -0.1) is 0 Å². The van der Waals surface area contributed by atoms with Gasteiger partial charge in [0.15, 0.2) is 6.29 Å². The number of aromatic nitrogens is 2. The van der Waals surface area contributed by atoms with E-state index in [1.54, 1.807) is 11.9 Å². The Morgan fingerprint density at radius 2 is 1.92 bits per heavy atom. The molecule has 0 aliphatic carbocycles. The molecule has 0 aliphatic heterocycles. The first-order chi connectivity index (χ1) is 12.2. The number of carbonyl (C=O) groups is 1. The summed E-state index contributed by atoms with van der Waals surface area (Å²) >= 11 is 1.56. The monoisotopic (exact) mass is 362 g/mol. The SMILES string of the molecule is CNNSc1ccccc1.O=Cc1c(F)ccc(-c2ncc[nH]2)c1F. The quantitative estimate of drug-likeness (QED) is 0.368. The average molecular weight is 362 g/mol. The van der Waals surface area contributed by atoms with E-state index in [1.165, 1.54) is 23.4 Å². The summed E-state index contributed by atoms with van der Waals surface area (Å²) in [7, 11) is 1.84. The zero-order valence-corrected chi connectivity index (χ0v) is 14.1. The van der Waals surface area contributed by atoms with Crippen molar-refractivity contribution in [1.29, 1.82) is 0 Å². The highest BCUT2D eigenvalue weighted by Crippen LogP contribution is 2.22. The molecule has 0 saturated carbocycles. The Labute approximate surface area is 148 Å². The van der Waals surface area contributed by atoms with E-state index in [1.807, 2.05) is 25.2 Å². The maximum atomic E-state index is 13.6. The van der Waals surface area contributed by atoms with Crippen LogP contribution in [-0.4, -0.2) is 23.3 Å². The van der Waals surface area contributed by atoms with Crippen molar-refractivity contribution >= 4 is 18.2 Å². The second-order valence-electron chi connectivity index (χ2n) is 4.65. The van der Waals surface area contributed by atoms with Crippen LogP contribution in [0.5, 0.6) is 0 Å². The van der Waals surface area contributed by atoms with E-state index < -0.39 is 17.2 Å². The summed E-state index contributed by atoms with van der Waals surface area (Å²) in [6.07, 6.45) is 3.11. The summed E-state index contributed by atoms with van der Waals surface area (Å²) < 4.78 is 26.5. The number of aldehydes is 1. The Morgan fingerprint density at radius 1 is 1.16 bits per heavy atom. The lowest BCUT2D eigenvalue weighted by Gasteiger charge is -2.02. The molecule has 0 atom stereocenters. The largest absolute Gasteiger partial charge is 0.345 e. The van der Waals surface area contributed by atoms with Gasteiger partial charge in [0, 0.05) is 17.3 Å². The number of H-pyrrole nitrogens is 1. The fourth-order valence-corrected chi connectivity index (χ4v) is 2.38. The van der Waals surface area contributed by atoms with E-state index in [2.05, 4.69) is 32.4 Å². The summed E-state index contributed by atoms with van der Waals surface area (Å²) in [5.41, 5.74) is 2.32. The molecule has 1 aromatic heterocycles. The van der Waals surface area contributed by atoms with Crippen molar-refractivity contribution in [3.8, 4) is 11.4 Å². The molecule has 0 bridgehead atoms. The standard InChI is InChI=1S/C10H6F2N2O.C7H10N2S/c11-8-2-1-6(9(12)7(8)5-15)10-13-3-4-14-10;1-8-9-10-7-5-3-2-4-6-7/h1-5H,(H,13,14);2-6,8-9H,1H3. The van der Waals surface area contributed by atoms with Crippen LogP contribution in [0.25, 0.3) is 11.4 Å². The van der Waals surface area contributed by atoms with Crippen LogP contribution in [0.4, 0.5) is 8.78 Å². The van der Waals surface area contributed by atoms with Gasteiger partial charge in [0.05, 0.1) is 11.1 Å². The highest BCUT2D eigenvalue weighted by molar-refractivity contribution is 7.97. The lowest BCUT2D eigenvalue weighted by atomic mass is 10.1. The number of rotatable bonds is 5. The lowest BCUT2D eigenvalue weighted by molar-refractivity contribution is 0.111. The number of benzene rings is 2.